The molecule has 1 N–H and O–H groups in total. The minimum atomic E-state index is -0.292. The Kier molecular flexibility index (Phi) is 1.38. The molecule has 60 valence electrons. The number of ether oxygens (including phenoxy) is 1. The molecule has 2 rings (SSSR count). The van der Waals surface area contributed by atoms with Gasteiger partial charge in [-0.3, -0.25) is 4.79 Å². The second-order valence-corrected chi connectivity index (χ2v) is 2.71. The zero-order valence-electron chi connectivity index (χ0n) is 6.15. The van der Waals surface area contributed by atoms with Crippen LogP contribution in [0.4, 0.5) is 0 Å². The number of amides is 1. The van der Waals surface area contributed by atoms with Crippen molar-refractivity contribution in [1.29, 1.82) is 0 Å². The summed E-state index contributed by atoms with van der Waals surface area (Å²) in [5.41, 5.74) is 0. The van der Waals surface area contributed by atoms with Gasteiger partial charge in [-0.05, 0) is 0 Å². The highest BCUT2D eigenvalue weighted by molar-refractivity contribution is 5.85. The molecule has 5 heteroatoms. The van der Waals surface area contributed by atoms with Crippen LogP contribution >= 0.6 is 0 Å². The lowest BCUT2D eigenvalue weighted by Gasteiger charge is -2.12. The van der Waals surface area contributed by atoms with Crippen molar-refractivity contribution in [1.82, 2.24) is 5.32 Å². The average molecular weight is 155 g/mol. The van der Waals surface area contributed by atoms with Gasteiger partial charge in [0.2, 0.25) is 5.91 Å². The van der Waals surface area contributed by atoms with Gasteiger partial charge < -0.3 is 10.1 Å². The SMILES string of the molecule is COC1NC(=O)C2N=NCC12. The van der Waals surface area contributed by atoms with Crippen molar-refractivity contribution in [3.8, 4) is 0 Å². The van der Waals surface area contributed by atoms with Gasteiger partial charge in [0.1, 0.15) is 6.23 Å². The summed E-state index contributed by atoms with van der Waals surface area (Å²) < 4.78 is 5.04. The summed E-state index contributed by atoms with van der Waals surface area (Å²) in [5, 5.41) is 10.3. The molecule has 2 aliphatic heterocycles. The van der Waals surface area contributed by atoms with Crippen LogP contribution in [-0.4, -0.2) is 31.8 Å². The van der Waals surface area contributed by atoms with Crippen molar-refractivity contribution in [2.24, 2.45) is 16.1 Å². The molecule has 1 saturated heterocycles. The van der Waals surface area contributed by atoms with Gasteiger partial charge in [-0.25, -0.2) is 0 Å². The van der Waals surface area contributed by atoms with Crippen molar-refractivity contribution in [3.63, 3.8) is 0 Å². The Morgan fingerprint density at radius 3 is 3.27 bits per heavy atom. The van der Waals surface area contributed by atoms with Crippen molar-refractivity contribution in [2.45, 2.75) is 12.3 Å². The number of carbonyl (C=O) groups excluding carboxylic acids is 1. The predicted molar refractivity (Wildman–Crippen MR) is 35.9 cm³/mol. The van der Waals surface area contributed by atoms with Crippen molar-refractivity contribution >= 4 is 5.91 Å². The molecule has 0 bridgehead atoms. The van der Waals surface area contributed by atoms with Gasteiger partial charge in [0, 0.05) is 7.11 Å². The highest BCUT2D eigenvalue weighted by Gasteiger charge is 2.45. The van der Waals surface area contributed by atoms with E-state index in [1.165, 1.54) is 0 Å². The minimum absolute atomic E-state index is 0.0666. The third kappa shape index (κ3) is 0.841. The molecule has 2 heterocycles. The summed E-state index contributed by atoms with van der Waals surface area (Å²) in [6.07, 6.45) is -0.192. The fraction of sp³-hybridized carbons (Fsp3) is 0.833. The zero-order valence-corrected chi connectivity index (χ0v) is 6.15. The van der Waals surface area contributed by atoms with E-state index in [1.54, 1.807) is 7.11 Å². The molecule has 0 saturated carbocycles. The monoisotopic (exact) mass is 155 g/mol. The number of nitrogens with one attached hydrogen (secondary N) is 1. The van der Waals surface area contributed by atoms with Crippen LogP contribution < -0.4 is 5.32 Å². The van der Waals surface area contributed by atoms with Crippen LogP contribution in [0.5, 0.6) is 0 Å². The van der Waals surface area contributed by atoms with Gasteiger partial charge in [-0.2, -0.15) is 10.2 Å². The Bertz CT molecular complexity index is 216. The van der Waals surface area contributed by atoms with Crippen LogP contribution in [0.25, 0.3) is 0 Å². The smallest absolute Gasteiger partial charge is 0.249 e. The highest BCUT2D eigenvalue weighted by Crippen LogP contribution is 2.26. The van der Waals surface area contributed by atoms with E-state index in [0.717, 1.165) is 0 Å². The quantitative estimate of drug-likeness (QED) is 0.557. The van der Waals surface area contributed by atoms with E-state index in [0.29, 0.717) is 6.54 Å². The maximum absolute atomic E-state index is 11.1. The third-order valence-electron chi connectivity index (χ3n) is 2.10. The second kappa shape index (κ2) is 2.27. The molecule has 5 nitrogen and oxygen atoms in total. The molecule has 1 fully saturated rings. The maximum Gasteiger partial charge on any atom is 0.249 e. The zero-order chi connectivity index (χ0) is 7.84. The number of rotatable bonds is 1. The van der Waals surface area contributed by atoms with Crippen LogP contribution in [0.2, 0.25) is 0 Å². The maximum atomic E-state index is 11.1. The van der Waals surface area contributed by atoms with E-state index in [-0.39, 0.29) is 24.1 Å². The molecule has 1 amide bonds. The lowest BCUT2D eigenvalue weighted by Crippen LogP contribution is -2.31. The standard InChI is InChI=1S/C6H9N3O2/c1-11-6-3-2-7-9-4(3)5(10)8-6/h3-4,6H,2H2,1H3,(H,8,10). The van der Waals surface area contributed by atoms with Crippen molar-refractivity contribution in [2.75, 3.05) is 13.7 Å². The predicted octanol–water partition coefficient (Wildman–Crippen LogP) is -0.461. The molecule has 0 spiro atoms. The molecule has 3 atom stereocenters. The van der Waals surface area contributed by atoms with Crippen molar-refractivity contribution in [3.05, 3.63) is 0 Å². The van der Waals surface area contributed by atoms with E-state index in [9.17, 15) is 4.79 Å². The molecule has 2 aliphatic rings. The Morgan fingerprint density at radius 2 is 2.55 bits per heavy atom. The first-order chi connectivity index (χ1) is 5.33. The summed E-state index contributed by atoms with van der Waals surface area (Å²) in [6, 6.07) is -0.292. The second-order valence-electron chi connectivity index (χ2n) is 2.71. The van der Waals surface area contributed by atoms with Crippen LogP contribution in [0.1, 0.15) is 0 Å². The van der Waals surface area contributed by atoms with Gasteiger partial charge >= 0.3 is 0 Å². The first-order valence-corrected chi connectivity index (χ1v) is 3.52. The normalized spacial score (nSPS) is 40.8. The van der Waals surface area contributed by atoms with E-state index in [2.05, 4.69) is 15.5 Å². The number of methoxy groups -OCH3 is 1. The van der Waals surface area contributed by atoms with Crippen molar-refractivity contribution < 1.29 is 9.53 Å². The van der Waals surface area contributed by atoms with Gasteiger partial charge in [0.25, 0.3) is 0 Å². The van der Waals surface area contributed by atoms with Crippen LogP contribution in [0.15, 0.2) is 10.2 Å². The Balaban J connectivity index is 2.18. The van der Waals surface area contributed by atoms with Crippen LogP contribution in [0.3, 0.4) is 0 Å². The minimum Gasteiger partial charge on any atom is -0.361 e. The molecular formula is C6H9N3O2. The lowest BCUT2D eigenvalue weighted by atomic mass is 10.0. The summed E-state index contributed by atoms with van der Waals surface area (Å²) in [6.45, 7) is 0.599. The summed E-state index contributed by atoms with van der Waals surface area (Å²) >= 11 is 0. The van der Waals surface area contributed by atoms with Gasteiger partial charge in [0.05, 0.1) is 12.5 Å². The summed E-state index contributed by atoms with van der Waals surface area (Å²) in [7, 11) is 1.58. The first kappa shape index (κ1) is 6.72. The Morgan fingerprint density at radius 1 is 1.73 bits per heavy atom. The topological polar surface area (TPSA) is 63.0 Å². The molecular weight excluding hydrogens is 146 g/mol. The molecule has 0 aromatic carbocycles. The molecule has 0 radical (unpaired) electrons. The highest BCUT2D eigenvalue weighted by atomic mass is 16.5. The number of hydrogen-bond donors (Lipinski definition) is 1. The fourth-order valence-electron chi connectivity index (χ4n) is 1.49. The number of fused-ring (bicyclic) bond motifs is 1. The number of hydrogen-bond acceptors (Lipinski definition) is 4. The van der Waals surface area contributed by atoms with E-state index in [1.807, 2.05) is 0 Å². The molecule has 0 aromatic rings. The van der Waals surface area contributed by atoms with E-state index in [4.69, 9.17) is 4.74 Å². The third-order valence-corrected chi connectivity index (χ3v) is 2.10. The molecule has 0 aliphatic carbocycles. The first-order valence-electron chi connectivity index (χ1n) is 3.52. The molecule has 0 aromatic heterocycles. The summed E-state index contributed by atoms with van der Waals surface area (Å²) in [5.74, 6) is 0.0515. The molecule has 11 heavy (non-hydrogen) atoms. The Hall–Kier alpha value is -0.970. The number of azo groups is 1. The molecule has 3 unspecified atom stereocenters. The fourth-order valence-corrected chi connectivity index (χ4v) is 1.49. The lowest BCUT2D eigenvalue weighted by molar-refractivity contribution is -0.121. The van der Waals surface area contributed by atoms with Crippen LogP contribution in [-0.2, 0) is 9.53 Å². The Labute approximate surface area is 63.8 Å². The average Bonchev–Trinajstić information content (AvgIpc) is 2.54. The largest absolute Gasteiger partial charge is 0.361 e. The van der Waals surface area contributed by atoms with E-state index < -0.39 is 0 Å². The number of nitrogens with zero attached hydrogens (tertiary/aromatic N) is 2. The van der Waals surface area contributed by atoms with Gasteiger partial charge in [-0.15, -0.1) is 0 Å². The van der Waals surface area contributed by atoms with Gasteiger partial charge in [-0.1, -0.05) is 0 Å². The van der Waals surface area contributed by atoms with E-state index >= 15 is 0 Å². The van der Waals surface area contributed by atoms with Gasteiger partial charge in [0.15, 0.2) is 6.04 Å². The summed E-state index contributed by atoms with van der Waals surface area (Å²) in [4.78, 5) is 11.1. The van der Waals surface area contributed by atoms with Crippen LogP contribution in [0, 0.1) is 5.92 Å². The number of carbonyl (C=O) groups is 1.